The van der Waals surface area contributed by atoms with Crippen molar-refractivity contribution in [2.75, 3.05) is 6.61 Å². The highest BCUT2D eigenvalue weighted by atomic mass is 16.6. The lowest BCUT2D eigenvalue weighted by atomic mass is 9.88. The third-order valence-corrected chi connectivity index (χ3v) is 19.0. The summed E-state index contributed by atoms with van der Waals surface area (Å²) in [7, 11) is 0. The first-order chi connectivity index (χ1) is 41.8. The Morgan fingerprint density at radius 3 is 1.16 bits per heavy atom. The van der Waals surface area contributed by atoms with Gasteiger partial charge in [0.25, 0.3) is 0 Å². The van der Waals surface area contributed by atoms with Gasteiger partial charge in [-0.05, 0) is 233 Å². The third kappa shape index (κ3) is 22.2. The van der Waals surface area contributed by atoms with Crippen LogP contribution in [0.25, 0.3) is 11.1 Å². The number of phenolic OH excluding ortho intramolecular Hbond substituents is 3. The van der Waals surface area contributed by atoms with Crippen molar-refractivity contribution in [3.05, 3.63) is 161 Å². The normalized spacial score (nSPS) is 16.9. The maximum absolute atomic E-state index is 12.7. The second-order valence-electron chi connectivity index (χ2n) is 26.8. The van der Waals surface area contributed by atoms with E-state index in [0.29, 0.717) is 41.4 Å². The minimum Gasteiger partial charge on any atom is -0.508 e. The molecule has 0 amide bonds. The van der Waals surface area contributed by atoms with E-state index in [9.17, 15) is 19.2 Å². The van der Waals surface area contributed by atoms with Crippen LogP contribution in [0.3, 0.4) is 0 Å². The Morgan fingerprint density at radius 1 is 0.483 bits per heavy atom. The van der Waals surface area contributed by atoms with Crippen LogP contribution in [0.5, 0.6) is 17.2 Å². The Kier molecular flexibility index (Phi) is 30.0. The van der Waals surface area contributed by atoms with Crippen LogP contribution < -0.4 is 0 Å². The van der Waals surface area contributed by atoms with Crippen LogP contribution in [-0.2, 0) is 43.7 Å². The zero-order chi connectivity index (χ0) is 67.0. The van der Waals surface area contributed by atoms with E-state index in [1.54, 1.807) is 36.4 Å². The number of hydrogen-bond donors (Lipinski definition) is 3. The Labute approximate surface area is 536 Å². The van der Waals surface area contributed by atoms with Gasteiger partial charge in [0, 0.05) is 11.1 Å². The number of carbonyl (C=O) groups excluding carboxylic acids is 4. The molecule has 3 N–H and O–H groups in total. The summed E-state index contributed by atoms with van der Waals surface area (Å²) in [6.07, 6.45) is 13.5. The van der Waals surface area contributed by atoms with Gasteiger partial charge in [-0.25, -0.2) is 4.79 Å². The molecule has 0 aromatic heterocycles. The molecule has 3 aliphatic rings. The monoisotopic (exact) mass is 1220 g/mol. The molecule has 2 saturated carbocycles. The molecule has 0 bridgehead atoms. The zero-order valence-electron chi connectivity index (χ0n) is 57.7. The van der Waals surface area contributed by atoms with Gasteiger partial charge >= 0.3 is 23.9 Å². The van der Waals surface area contributed by atoms with E-state index in [0.717, 1.165) is 111 Å². The number of carbonyl (C=O) groups is 4. The average Bonchev–Trinajstić information content (AvgIpc) is 1.73. The van der Waals surface area contributed by atoms with Crippen molar-refractivity contribution in [1.29, 1.82) is 0 Å². The zero-order valence-corrected chi connectivity index (χ0v) is 57.7. The van der Waals surface area contributed by atoms with Crippen molar-refractivity contribution >= 4 is 23.9 Å². The van der Waals surface area contributed by atoms with Gasteiger partial charge in [-0.1, -0.05) is 161 Å². The van der Waals surface area contributed by atoms with Gasteiger partial charge in [-0.3, -0.25) is 14.4 Å². The lowest BCUT2D eigenvalue weighted by Gasteiger charge is -2.32. The summed E-state index contributed by atoms with van der Waals surface area (Å²) < 4.78 is 22.3. The van der Waals surface area contributed by atoms with Gasteiger partial charge in [0.15, 0.2) is 12.2 Å². The lowest BCUT2D eigenvalue weighted by molar-refractivity contribution is -0.173. The molecule has 2 fully saturated rings. The van der Waals surface area contributed by atoms with Gasteiger partial charge in [-0.2, -0.15) is 0 Å². The molecule has 0 spiro atoms. The van der Waals surface area contributed by atoms with Crippen LogP contribution in [0.1, 0.15) is 260 Å². The van der Waals surface area contributed by atoms with Crippen molar-refractivity contribution < 1.29 is 53.4 Å². The van der Waals surface area contributed by atoms with Crippen LogP contribution >= 0.6 is 0 Å². The average molecular weight is 1230 g/mol. The molecule has 11 heteroatoms. The van der Waals surface area contributed by atoms with Gasteiger partial charge in [0.2, 0.25) is 0 Å². The van der Waals surface area contributed by atoms with E-state index >= 15 is 0 Å². The Morgan fingerprint density at radius 2 is 0.831 bits per heavy atom. The number of aromatic hydroxyl groups is 3. The van der Waals surface area contributed by atoms with Crippen molar-refractivity contribution in [2.24, 2.45) is 16.2 Å². The summed E-state index contributed by atoms with van der Waals surface area (Å²) in [5.41, 5.74) is 6.54. The highest BCUT2D eigenvalue weighted by Crippen LogP contribution is 2.50. The van der Waals surface area contributed by atoms with Gasteiger partial charge in [0.05, 0.1) is 16.2 Å². The second kappa shape index (κ2) is 34.9. The summed E-state index contributed by atoms with van der Waals surface area (Å²) in [4.78, 5) is 48.1. The molecule has 8 rings (SSSR count). The topological polar surface area (TPSA) is 166 Å². The van der Waals surface area contributed by atoms with Crippen molar-refractivity contribution in [3.8, 4) is 28.4 Å². The molecule has 0 radical (unpaired) electrons. The van der Waals surface area contributed by atoms with Gasteiger partial charge in [-0.15, -0.1) is 0 Å². The summed E-state index contributed by atoms with van der Waals surface area (Å²) in [5.74, 6) is 1.79. The molecule has 4 unspecified atom stereocenters. The van der Waals surface area contributed by atoms with E-state index < -0.39 is 28.0 Å². The fraction of sp³-hybridized carbons (Fsp3) is 0.538. The van der Waals surface area contributed by atoms with Crippen LogP contribution in [0, 0.1) is 16.2 Å². The Hall–Kier alpha value is -6.88. The molecule has 0 aliphatic heterocycles. The van der Waals surface area contributed by atoms with Gasteiger partial charge < -0.3 is 34.3 Å². The van der Waals surface area contributed by atoms with Crippen LogP contribution in [0.2, 0.25) is 0 Å². The maximum atomic E-state index is 12.7. The number of esters is 4. The summed E-state index contributed by atoms with van der Waals surface area (Å²) in [6.45, 7) is 40.1. The predicted octanol–water partition coefficient (Wildman–Crippen LogP) is 20.3. The van der Waals surface area contributed by atoms with Gasteiger partial charge in [0.1, 0.15) is 28.5 Å². The molecule has 490 valence electrons. The largest absolute Gasteiger partial charge is 0.508 e. The number of hydrogen-bond acceptors (Lipinski definition) is 11. The van der Waals surface area contributed by atoms with Crippen LogP contribution in [-0.4, -0.2) is 57.0 Å². The first-order valence-corrected chi connectivity index (χ1v) is 32.9. The lowest BCUT2D eigenvalue weighted by Crippen LogP contribution is -2.36. The molecule has 4 atom stereocenters. The Bertz CT molecular complexity index is 2810. The van der Waals surface area contributed by atoms with Crippen LogP contribution in [0.4, 0.5) is 0 Å². The fourth-order valence-electron chi connectivity index (χ4n) is 10.1. The fourth-order valence-corrected chi connectivity index (χ4v) is 10.1. The van der Waals surface area contributed by atoms with E-state index in [2.05, 4.69) is 72.4 Å². The molecule has 5 aromatic carbocycles. The Balaban J connectivity index is 0.000000286. The molecule has 11 nitrogen and oxygen atoms in total. The van der Waals surface area contributed by atoms with E-state index in [4.69, 9.17) is 34.3 Å². The SMILES string of the molecule is C=C1CCCC1(C)OC(=O)C(C)(C)CC.CCC(C)(C)C(=O)OC1(C)c2ccccc2-c2ccccc21.CCC(C)c1ccc(O)cc1.CCC(C)c1ccc(O)cc1.CCC(C)c1ccc(O)cc1.CCC1(OC(=O)COC(=O)C(C)(C)CC)CCCC1. The first-order valence-electron chi connectivity index (χ1n) is 32.9. The number of rotatable bonds is 18. The van der Waals surface area contributed by atoms with Crippen LogP contribution in [0.15, 0.2) is 133 Å². The number of benzene rings is 5. The molecule has 0 saturated heterocycles. The number of phenols is 3. The molecular formula is C78H112O11. The summed E-state index contributed by atoms with van der Waals surface area (Å²) in [6, 6.07) is 38.6. The standard InChI is InChI=1S/C20H22O2.C15H26O4.C13H22O2.3C10H14O/c1-5-19(2,3)18(21)22-20(4)16-12-8-6-10-14(16)15-11-7-9-13-17(15)20;1-5-14(3,4)13(17)18-11-12(16)19-15(6-2)9-7-8-10-15;1-6-12(3,4)11(14)15-13(5)9-7-8-10(13)2;3*1-3-8(2)9-4-6-10(11)7-5-9/h6-13H,5H2,1-4H3;5-11H2,1-4H3;2,6-9H2,1,3-5H3;3*4-8,11H,3H2,1-2H3. The first kappa shape index (κ1) is 76.4. The van der Waals surface area contributed by atoms with Crippen molar-refractivity contribution in [2.45, 2.75) is 249 Å². The quantitative estimate of drug-likeness (QED) is 0.0434. The number of ether oxygens (including phenoxy) is 4. The number of fused-ring (bicyclic) bond motifs is 3. The highest BCUT2D eigenvalue weighted by Gasteiger charge is 2.45. The van der Waals surface area contributed by atoms with Crippen molar-refractivity contribution in [1.82, 2.24) is 0 Å². The van der Waals surface area contributed by atoms with E-state index in [1.807, 2.05) is 144 Å². The second-order valence-corrected chi connectivity index (χ2v) is 26.8. The smallest absolute Gasteiger partial charge is 0.344 e. The molecule has 3 aliphatic carbocycles. The third-order valence-electron chi connectivity index (χ3n) is 19.0. The van der Waals surface area contributed by atoms with E-state index in [1.165, 1.54) is 16.7 Å². The maximum Gasteiger partial charge on any atom is 0.344 e. The molecule has 0 heterocycles. The molecule has 89 heavy (non-hydrogen) atoms. The summed E-state index contributed by atoms with van der Waals surface area (Å²) >= 11 is 0. The highest BCUT2D eigenvalue weighted by molar-refractivity contribution is 5.84. The molecular weight excluding hydrogens is 1110 g/mol. The predicted molar refractivity (Wildman–Crippen MR) is 363 cm³/mol. The molecule has 5 aromatic rings. The van der Waals surface area contributed by atoms with E-state index in [-0.39, 0.29) is 35.5 Å². The minimum absolute atomic E-state index is 0.101. The summed E-state index contributed by atoms with van der Waals surface area (Å²) in [5, 5.41) is 27.0. The minimum atomic E-state index is -0.712. The van der Waals surface area contributed by atoms with Crippen molar-refractivity contribution in [3.63, 3.8) is 0 Å².